The summed E-state index contributed by atoms with van der Waals surface area (Å²) in [7, 11) is -5.61. The van der Waals surface area contributed by atoms with E-state index in [0.29, 0.717) is 23.8 Å². The van der Waals surface area contributed by atoms with E-state index in [4.69, 9.17) is 8.85 Å². The lowest BCUT2D eigenvalue weighted by Gasteiger charge is -2.36. The van der Waals surface area contributed by atoms with Gasteiger partial charge in [-0.25, -0.2) is 8.42 Å². The number of benzene rings is 2. The maximum atomic E-state index is 13.5. The molecular formula is C32H55NO4SSi2. The molecule has 2 aromatic rings. The van der Waals surface area contributed by atoms with Gasteiger partial charge in [-0.3, -0.25) is 4.31 Å². The molecule has 0 aliphatic rings. The van der Waals surface area contributed by atoms with Gasteiger partial charge in [0.15, 0.2) is 16.6 Å². The van der Waals surface area contributed by atoms with Gasteiger partial charge in [0.2, 0.25) is 0 Å². The van der Waals surface area contributed by atoms with Gasteiger partial charge in [0, 0.05) is 20.3 Å². The Bertz CT molecular complexity index is 1160. The van der Waals surface area contributed by atoms with Gasteiger partial charge < -0.3 is 8.85 Å². The van der Waals surface area contributed by atoms with Crippen LogP contribution >= 0.6 is 0 Å². The fourth-order valence-electron chi connectivity index (χ4n) is 3.86. The predicted octanol–water partition coefficient (Wildman–Crippen LogP) is 8.73. The zero-order valence-corrected chi connectivity index (χ0v) is 30.1. The van der Waals surface area contributed by atoms with E-state index < -0.39 is 26.7 Å². The van der Waals surface area contributed by atoms with Crippen molar-refractivity contribution in [2.24, 2.45) is 0 Å². The Labute approximate surface area is 248 Å². The molecule has 40 heavy (non-hydrogen) atoms. The number of nitrogens with zero attached hydrogens (tertiary/aromatic N) is 1. The van der Waals surface area contributed by atoms with Crippen LogP contribution in [0.1, 0.15) is 71.1 Å². The summed E-state index contributed by atoms with van der Waals surface area (Å²) < 4.78 is 41.2. The lowest BCUT2D eigenvalue weighted by Crippen LogP contribution is -2.41. The highest BCUT2D eigenvalue weighted by Crippen LogP contribution is 2.37. The molecule has 0 N–H and O–H groups in total. The smallest absolute Gasteiger partial charge is 0.264 e. The van der Waals surface area contributed by atoms with E-state index >= 15 is 0 Å². The van der Waals surface area contributed by atoms with Crippen molar-refractivity contribution < 1.29 is 17.3 Å². The third-order valence-electron chi connectivity index (χ3n) is 8.84. The van der Waals surface area contributed by atoms with Crippen molar-refractivity contribution >= 4 is 32.3 Å². The van der Waals surface area contributed by atoms with Crippen molar-refractivity contribution in [3.05, 3.63) is 59.2 Å². The Kier molecular flexibility index (Phi) is 11.5. The fourth-order valence-corrected chi connectivity index (χ4v) is 7.22. The molecule has 0 bridgehead atoms. The molecule has 0 heterocycles. The largest absolute Gasteiger partial charge is 0.417 e. The molecule has 0 aliphatic heterocycles. The number of rotatable bonds is 13. The maximum absolute atomic E-state index is 13.5. The van der Waals surface area contributed by atoms with Crippen LogP contribution < -0.4 is 4.31 Å². The van der Waals surface area contributed by atoms with Crippen LogP contribution in [0.4, 0.5) is 5.69 Å². The van der Waals surface area contributed by atoms with Crippen molar-refractivity contribution in [1.82, 2.24) is 0 Å². The van der Waals surface area contributed by atoms with Gasteiger partial charge >= 0.3 is 0 Å². The summed E-state index contributed by atoms with van der Waals surface area (Å²) in [6.07, 6.45) is 3.49. The average Bonchev–Trinajstić information content (AvgIpc) is 2.83. The molecule has 0 radical (unpaired) electrons. The van der Waals surface area contributed by atoms with Crippen LogP contribution in [0.5, 0.6) is 0 Å². The summed E-state index contributed by atoms with van der Waals surface area (Å²) in [4.78, 5) is 0.304. The highest BCUT2D eigenvalue weighted by molar-refractivity contribution is 7.92. The van der Waals surface area contributed by atoms with E-state index in [0.717, 1.165) is 42.4 Å². The second-order valence-electron chi connectivity index (χ2n) is 14.2. The van der Waals surface area contributed by atoms with Crippen LogP contribution in [0.15, 0.2) is 47.4 Å². The SMILES string of the molecule is Cc1ccc(S(=O)(=O)N(C)c2cc(CCCO[Si](C)(C)C(C)(C)C)cc(CCCO[Si](C)(C)C(C)(C)C)c2)cc1. The first-order valence-electron chi connectivity index (χ1n) is 14.6. The molecule has 0 aliphatic carbocycles. The third-order valence-corrected chi connectivity index (χ3v) is 19.7. The van der Waals surface area contributed by atoms with Gasteiger partial charge in [-0.2, -0.15) is 0 Å². The summed E-state index contributed by atoms with van der Waals surface area (Å²) in [5, 5.41) is 0.360. The van der Waals surface area contributed by atoms with E-state index in [1.165, 1.54) is 4.31 Å². The molecule has 0 atom stereocenters. The standard InChI is InChI=1S/C32H55NO4SSi2/c1-26-17-19-30(20-18-26)38(34,35)33(8)29-24-27(15-13-21-36-39(9,10)31(2,3)4)23-28(25-29)16-14-22-37-40(11,12)32(5,6)7/h17-20,23-25H,13-16,21-22H2,1-12H3. The van der Waals surface area contributed by atoms with Crippen LogP contribution in [0.2, 0.25) is 36.3 Å². The molecular weight excluding hydrogens is 551 g/mol. The Morgan fingerprint density at radius 1 is 0.725 bits per heavy atom. The number of hydrogen-bond acceptors (Lipinski definition) is 4. The number of anilines is 1. The molecule has 8 heteroatoms. The van der Waals surface area contributed by atoms with E-state index in [1.807, 2.05) is 31.2 Å². The number of sulfonamides is 1. The second kappa shape index (κ2) is 13.2. The normalized spacial score (nSPS) is 13.5. The van der Waals surface area contributed by atoms with Crippen LogP contribution in [0.25, 0.3) is 0 Å². The molecule has 0 aromatic heterocycles. The summed E-state index contributed by atoms with van der Waals surface area (Å²) >= 11 is 0. The predicted molar refractivity (Wildman–Crippen MR) is 176 cm³/mol. The third kappa shape index (κ3) is 9.28. The van der Waals surface area contributed by atoms with Gasteiger partial charge in [-0.1, -0.05) is 65.3 Å². The molecule has 226 valence electrons. The van der Waals surface area contributed by atoms with E-state index in [-0.39, 0.29) is 10.1 Å². The minimum absolute atomic E-state index is 0.180. The second-order valence-corrected chi connectivity index (χ2v) is 25.8. The Morgan fingerprint density at radius 2 is 1.12 bits per heavy atom. The molecule has 2 aromatic carbocycles. The summed E-state index contributed by atoms with van der Waals surface area (Å²) in [6.45, 7) is 26.1. The Hall–Kier alpha value is -1.46. The van der Waals surface area contributed by atoms with Gasteiger partial charge in [-0.15, -0.1) is 0 Å². The Balaban J connectivity index is 2.24. The van der Waals surface area contributed by atoms with E-state index in [1.54, 1.807) is 19.2 Å². The lowest BCUT2D eigenvalue weighted by molar-refractivity contribution is 0.282. The summed E-state index contributed by atoms with van der Waals surface area (Å²) in [5.74, 6) is 0. The highest BCUT2D eigenvalue weighted by atomic mass is 32.2. The quantitative estimate of drug-likeness (QED) is 0.169. The van der Waals surface area contributed by atoms with Gasteiger partial charge in [-0.05, 0) is 104 Å². The first-order chi connectivity index (χ1) is 18.2. The lowest BCUT2D eigenvalue weighted by atomic mass is 10.0. The highest BCUT2D eigenvalue weighted by Gasteiger charge is 2.37. The van der Waals surface area contributed by atoms with Crippen molar-refractivity contribution in [3.63, 3.8) is 0 Å². The molecule has 0 spiro atoms. The topological polar surface area (TPSA) is 55.8 Å². The molecule has 5 nitrogen and oxygen atoms in total. The summed E-state index contributed by atoms with van der Waals surface area (Å²) in [6, 6.07) is 13.3. The van der Waals surface area contributed by atoms with Crippen molar-refractivity contribution in [3.8, 4) is 0 Å². The van der Waals surface area contributed by atoms with Gasteiger partial charge in [0.25, 0.3) is 10.0 Å². The molecule has 2 rings (SSSR count). The van der Waals surface area contributed by atoms with Crippen LogP contribution in [0.3, 0.4) is 0 Å². The van der Waals surface area contributed by atoms with E-state index in [9.17, 15) is 8.42 Å². The van der Waals surface area contributed by atoms with Gasteiger partial charge in [0.1, 0.15) is 0 Å². The average molecular weight is 606 g/mol. The molecule has 0 saturated carbocycles. The molecule has 0 saturated heterocycles. The zero-order valence-electron chi connectivity index (χ0n) is 27.3. The van der Waals surface area contributed by atoms with Crippen LogP contribution in [-0.2, 0) is 31.7 Å². The zero-order chi connectivity index (χ0) is 30.6. The number of hydrogen-bond donors (Lipinski definition) is 0. The first-order valence-corrected chi connectivity index (χ1v) is 21.9. The summed E-state index contributed by atoms with van der Waals surface area (Å²) in [5.41, 5.74) is 4.01. The molecule has 0 fully saturated rings. The van der Waals surface area contributed by atoms with Crippen molar-refractivity contribution in [2.75, 3.05) is 24.6 Å². The van der Waals surface area contributed by atoms with Crippen LogP contribution in [0, 0.1) is 6.92 Å². The monoisotopic (exact) mass is 605 g/mol. The van der Waals surface area contributed by atoms with Crippen molar-refractivity contribution in [2.45, 2.75) is 115 Å². The fraction of sp³-hybridized carbons (Fsp3) is 0.625. The van der Waals surface area contributed by atoms with Gasteiger partial charge in [0.05, 0.1) is 10.6 Å². The van der Waals surface area contributed by atoms with Crippen molar-refractivity contribution in [1.29, 1.82) is 0 Å². The van der Waals surface area contributed by atoms with E-state index in [2.05, 4.69) is 73.8 Å². The first kappa shape index (κ1) is 34.7. The number of aryl methyl sites for hydroxylation is 3. The minimum atomic E-state index is -3.67. The molecule has 0 amide bonds. The molecule has 0 unspecified atom stereocenters. The maximum Gasteiger partial charge on any atom is 0.264 e. The minimum Gasteiger partial charge on any atom is -0.417 e. The Morgan fingerprint density at radius 3 is 1.50 bits per heavy atom. The van der Waals surface area contributed by atoms with Crippen LogP contribution in [-0.4, -0.2) is 45.3 Å².